The molecular weight excluding hydrogens is 398 g/mol. The van der Waals surface area contributed by atoms with Gasteiger partial charge in [0.15, 0.2) is 0 Å². The Kier molecular flexibility index (Phi) is 4.77. The molecule has 2 N–H and O–H groups in total. The van der Waals surface area contributed by atoms with Crippen molar-refractivity contribution in [1.82, 2.24) is 0 Å². The molecule has 0 saturated carbocycles. The second-order valence-electron chi connectivity index (χ2n) is 3.49. The molecule has 0 radical (unpaired) electrons. The molecule has 1 aromatic carbocycles. The lowest BCUT2D eigenvalue weighted by Gasteiger charge is -2.10. The third-order valence-electron chi connectivity index (χ3n) is 2.26. The van der Waals surface area contributed by atoms with Crippen LogP contribution in [0.3, 0.4) is 0 Å². The topological polar surface area (TPSA) is 35.2 Å². The van der Waals surface area contributed by atoms with E-state index in [9.17, 15) is 0 Å². The summed E-state index contributed by atoms with van der Waals surface area (Å²) >= 11 is 13.5. The van der Waals surface area contributed by atoms with Crippen LogP contribution in [0.25, 0.3) is 0 Å². The third kappa shape index (κ3) is 3.32. The zero-order valence-corrected chi connectivity index (χ0v) is 14.0. The second-order valence-corrected chi connectivity index (χ2v) is 6.70. The first-order chi connectivity index (χ1) is 8.58. The molecule has 1 aromatic heterocycles. The van der Waals surface area contributed by atoms with E-state index < -0.39 is 0 Å². The Bertz CT molecular complexity index is 583. The minimum atomic E-state index is 0.330. The standard InChI is InChI=1S/C12H9Br2NOS2/c13-7-1-2-10(8(5-7)12(15)17)16-6-11-9(14)3-4-18-11/h1-5H,6H2,(H2,15,17). The first-order valence-corrected chi connectivity index (χ1v) is 7.89. The minimum Gasteiger partial charge on any atom is -0.487 e. The Labute approximate surface area is 131 Å². The van der Waals surface area contributed by atoms with E-state index in [0.29, 0.717) is 17.3 Å². The molecule has 0 bridgehead atoms. The van der Waals surface area contributed by atoms with E-state index in [-0.39, 0.29) is 0 Å². The molecule has 0 aliphatic heterocycles. The summed E-state index contributed by atoms with van der Waals surface area (Å²) in [7, 11) is 0. The summed E-state index contributed by atoms with van der Waals surface area (Å²) in [6, 6.07) is 7.63. The fourth-order valence-corrected chi connectivity index (χ4v) is 3.29. The van der Waals surface area contributed by atoms with Crippen molar-refractivity contribution < 1.29 is 4.74 Å². The van der Waals surface area contributed by atoms with Gasteiger partial charge in [0.05, 0.1) is 10.4 Å². The SMILES string of the molecule is NC(=S)c1cc(Br)ccc1OCc1sccc1Br. The number of thiophene rings is 1. The normalized spacial score (nSPS) is 10.3. The Balaban J connectivity index is 2.19. The van der Waals surface area contributed by atoms with Gasteiger partial charge in [-0.15, -0.1) is 11.3 Å². The number of benzene rings is 1. The van der Waals surface area contributed by atoms with Gasteiger partial charge < -0.3 is 10.5 Å². The number of ether oxygens (including phenoxy) is 1. The lowest BCUT2D eigenvalue weighted by Crippen LogP contribution is -2.11. The summed E-state index contributed by atoms with van der Waals surface area (Å²) in [5.74, 6) is 0.700. The maximum Gasteiger partial charge on any atom is 0.130 e. The number of thiocarbonyl (C=S) groups is 1. The molecule has 0 saturated heterocycles. The van der Waals surface area contributed by atoms with E-state index >= 15 is 0 Å². The van der Waals surface area contributed by atoms with Crippen LogP contribution in [-0.2, 0) is 6.61 Å². The van der Waals surface area contributed by atoms with Gasteiger partial charge in [-0.25, -0.2) is 0 Å². The second kappa shape index (κ2) is 6.14. The van der Waals surface area contributed by atoms with Crippen molar-refractivity contribution in [2.24, 2.45) is 5.73 Å². The molecule has 2 nitrogen and oxygen atoms in total. The van der Waals surface area contributed by atoms with E-state index in [1.807, 2.05) is 29.6 Å². The van der Waals surface area contributed by atoms with Crippen LogP contribution in [0, 0.1) is 0 Å². The molecular formula is C12H9Br2NOS2. The van der Waals surface area contributed by atoms with Gasteiger partial charge in [-0.3, -0.25) is 0 Å². The molecule has 0 aliphatic carbocycles. The molecule has 1 heterocycles. The average molecular weight is 407 g/mol. The molecule has 0 fully saturated rings. The summed E-state index contributed by atoms with van der Waals surface area (Å²) in [6.45, 7) is 0.496. The van der Waals surface area contributed by atoms with Gasteiger partial charge >= 0.3 is 0 Å². The van der Waals surface area contributed by atoms with Crippen molar-refractivity contribution in [2.75, 3.05) is 0 Å². The van der Waals surface area contributed by atoms with Gasteiger partial charge in [0.25, 0.3) is 0 Å². The number of halogens is 2. The highest BCUT2D eigenvalue weighted by molar-refractivity contribution is 9.10. The molecule has 94 valence electrons. The van der Waals surface area contributed by atoms with Crippen LogP contribution >= 0.6 is 55.4 Å². The van der Waals surface area contributed by atoms with Crippen molar-refractivity contribution in [3.63, 3.8) is 0 Å². The van der Waals surface area contributed by atoms with Crippen molar-refractivity contribution in [3.8, 4) is 5.75 Å². The van der Waals surface area contributed by atoms with Crippen LogP contribution in [0.5, 0.6) is 5.75 Å². The molecule has 6 heteroatoms. The average Bonchev–Trinajstić information content (AvgIpc) is 2.73. The summed E-state index contributed by atoms with van der Waals surface area (Å²) < 4.78 is 7.75. The first kappa shape index (κ1) is 14.0. The zero-order chi connectivity index (χ0) is 13.1. The van der Waals surface area contributed by atoms with E-state index in [4.69, 9.17) is 22.7 Å². The monoisotopic (exact) mass is 405 g/mol. The van der Waals surface area contributed by atoms with Crippen LogP contribution in [0.4, 0.5) is 0 Å². The third-order valence-corrected chi connectivity index (χ3v) is 4.87. The Morgan fingerprint density at radius 1 is 1.33 bits per heavy atom. The molecule has 0 aliphatic rings. The van der Waals surface area contributed by atoms with Gasteiger partial charge in [0, 0.05) is 8.95 Å². The number of rotatable bonds is 4. The molecule has 0 unspecified atom stereocenters. The molecule has 2 aromatic rings. The number of hydrogen-bond acceptors (Lipinski definition) is 3. The molecule has 0 amide bonds. The van der Waals surface area contributed by atoms with Crippen LogP contribution < -0.4 is 10.5 Å². The van der Waals surface area contributed by atoms with E-state index in [1.165, 1.54) is 0 Å². The summed E-state index contributed by atoms with van der Waals surface area (Å²) in [4.78, 5) is 1.46. The van der Waals surface area contributed by atoms with Crippen molar-refractivity contribution >= 4 is 60.4 Å². The first-order valence-electron chi connectivity index (χ1n) is 5.02. The highest BCUT2D eigenvalue weighted by Gasteiger charge is 2.09. The number of nitrogens with two attached hydrogens (primary N) is 1. The van der Waals surface area contributed by atoms with Gasteiger partial charge in [-0.2, -0.15) is 0 Å². The Morgan fingerprint density at radius 3 is 2.72 bits per heavy atom. The summed E-state index contributed by atoms with van der Waals surface area (Å²) in [5, 5.41) is 2.01. The van der Waals surface area contributed by atoms with E-state index in [1.54, 1.807) is 11.3 Å². The van der Waals surface area contributed by atoms with Crippen LogP contribution in [0.1, 0.15) is 10.4 Å². The van der Waals surface area contributed by atoms with Crippen molar-refractivity contribution in [1.29, 1.82) is 0 Å². The highest BCUT2D eigenvalue weighted by Crippen LogP contribution is 2.27. The van der Waals surface area contributed by atoms with Crippen LogP contribution in [0.2, 0.25) is 0 Å². The highest BCUT2D eigenvalue weighted by atomic mass is 79.9. The Morgan fingerprint density at radius 2 is 2.11 bits per heavy atom. The predicted molar refractivity (Wildman–Crippen MR) is 86.4 cm³/mol. The minimum absolute atomic E-state index is 0.330. The van der Waals surface area contributed by atoms with Crippen LogP contribution in [-0.4, -0.2) is 4.99 Å². The predicted octanol–water partition coefficient (Wildman–Crippen LogP) is 4.49. The molecule has 2 rings (SSSR count). The maximum atomic E-state index is 5.77. The van der Waals surface area contributed by atoms with Crippen LogP contribution in [0.15, 0.2) is 38.6 Å². The summed E-state index contributed by atoms with van der Waals surface area (Å²) in [6.07, 6.45) is 0. The fourth-order valence-electron chi connectivity index (χ4n) is 1.39. The number of hydrogen-bond donors (Lipinski definition) is 1. The lowest BCUT2D eigenvalue weighted by molar-refractivity contribution is 0.308. The van der Waals surface area contributed by atoms with Gasteiger partial charge in [-0.05, 0) is 45.6 Å². The van der Waals surface area contributed by atoms with Gasteiger partial charge in [0.1, 0.15) is 17.3 Å². The zero-order valence-electron chi connectivity index (χ0n) is 9.15. The molecule has 0 spiro atoms. The largest absolute Gasteiger partial charge is 0.487 e. The fraction of sp³-hybridized carbons (Fsp3) is 0.0833. The molecule has 0 atom stereocenters. The van der Waals surface area contributed by atoms with Crippen molar-refractivity contribution in [3.05, 3.63) is 49.0 Å². The lowest BCUT2D eigenvalue weighted by atomic mass is 10.2. The summed E-state index contributed by atoms with van der Waals surface area (Å²) in [5.41, 5.74) is 6.43. The van der Waals surface area contributed by atoms with Crippen molar-refractivity contribution in [2.45, 2.75) is 6.61 Å². The molecule has 18 heavy (non-hydrogen) atoms. The van der Waals surface area contributed by atoms with Gasteiger partial charge in [-0.1, -0.05) is 28.1 Å². The quantitative estimate of drug-likeness (QED) is 0.760. The van der Waals surface area contributed by atoms with Gasteiger partial charge in [0.2, 0.25) is 0 Å². The maximum absolute atomic E-state index is 5.77. The van der Waals surface area contributed by atoms with E-state index in [0.717, 1.165) is 19.4 Å². The Hall–Kier alpha value is -0.430. The van der Waals surface area contributed by atoms with E-state index in [2.05, 4.69) is 31.9 Å². The smallest absolute Gasteiger partial charge is 0.130 e.